The van der Waals surface area contributed by atoms with E-state index < -0.39 is 5.72 Å². The van der Waals surface area contributed by atoms with E-state index in [0.29, 0.717) is 6.54 Å². The van der Waals surface area contributed by atoms with Crippen LogP contribution in [0.5, 0.6) is 0 Å². The quantitative estimate of drug-likeness (QED) is 0.398. The third kappa shape index (κ3) is 2.19. The van der Waals surface area contributed by atoms with Gasteiger partial charge in [-0.1, -0.05) is 36.4 Å². The smallest absolute Gasteiger partial charge is 0.252 e. The van der Waals surface area contributed by atoms with Crippen LogP contribution in [0, 0.1) is 0 Å². The Balaban J connectivity index is 1.70. The molecule has 3 aliphatic rings. The van der Waals surface area contributed by atoms with Gasteiger partial charge >= 0.3 is 0 Å². The van der Waals surface area contributed by atoms with Gasteiger partial charge in [0.25, 0.3) is 5.91 Å². The molecule has 4 unspecified atom stereocenters. The molecule has 7 nitrogen and oxygen atoms in total. The summed E-state index contributed by atoms with van der Waals surface area (Å²) >= 11 is 0. The number of para-hydroxylation sites is 2. The number of aromatic nitrogens is 2. The molecule has 1 amide bonds. The molecule has 5 heterocycles. The number of benzene rings is 3. The number of hydrogen-bond acceptors (Lipinski definition) is 4. The third-order valence-corrected chi connectivity index (χ3v) is 8.86. The Morgan fingerprint density at radius 3 is 2.44 bits per heavy atom. The van der Waals surface area contributed by atoms with Gasteiger partial charge in [0.15, 0.2) is 5.72 Å². The van der Waals surface area contributed by atoms with Gasteiger partial charge in [0.05, 0.1) is 27.6 Å². The van der Waals surface area contributed by atoms with Gasteiger partial charge in [0.2, 0.25) is 0 Å². The molecule has 1 saturated heterocycles. The van der Waals surface area contributed by atoms with E-state index in [9.17, 15) is 4.79 Å². The first-order valence-corrected chi connectivity index (χ1v) is 12.6. The maximum atomic E-state index is 13.4. The van der Waals surface area contributed by atoms with Crippen molar-refractivity contribution in [3.8, 4) is 0 Å². The predicted molar refractivity (Wildman–Crippen MR) is 140 cm³/mol. The highest BCUT2D eigenvalue weighted by Crippen LogP contribution is 2.54. The molecule has 5 aromatic rings. The Morgan fingerprint density at radius 1 is 1.03 bits per heavy atom. The molecule has 182 valence electrons. The summed E-state index contributed by atoms with van der Waals surface area (Å²) in [5.41, 5.74) is 5.54. The molecule has 2 aromatic heterocycles. The Kier molecular flexibility index (Phi) is 3.85. The molecule has 8 rings (SSSR count). The van der Waals surface area contributed by atoms with Crippen LogP contribution in [0.15, 0.2) is 48.5 Å². The number of fused-ring (bicyclic) bond motifs is 13. The molecule has 0 aliphatic carbocycles. The van der Waals surface area contributed by atoms with Gasteiger partial charge in [-0.25, -0.2) is 0 Å². The van der Waals surface area contributed by atoms with Crippen molar-refractivity contribution < 1.29 is 14.3 Å². The molecule has 0 radical (unpaired) electrons. The topological polar surface area (TPSA) is 60.7 Å². The van der Waals surface area contributed by atoms with Crippen molar-refractivity contribution in [2.45, 2.75) is 44.0 Å². The predicted octanol–water partition coefficient (Wildman–Crippen LogP) is 4.70. The molecule has 2 bridgehead atoms. The minimum atomic E-state index is -0.759. The molecular formula is C29H28N4O3. The second-order valence-electron chi connectivity index (χ2n) is 10.8. The van der Waals surface area contributed by atoms with Gasteiger partial charge in [-0.2, -0.15) is 0 Å². The van der Waals surface area contributed by atoms with Crippen molar-refractivity contribution in [2.24, 2.45) is 0 Å². The SMILES string of the molecule is COC1C(N(C)C)CC2OC1(C)n1c3ccccc3c3c4c(c5c6ccccc6n2c5c31)C(=O)NC4. The lowest BCUT2D eigenvalue weighted by Crippen LogP contribution is -2.59. The van der Waals surface area contributed by atoms with Crippen molar-refractivity contribution >= 4 is 49.5 Å². The number of rotatable bonds is 2. The van der Waals surface area contributed by atoms with Gasteiger partial charge in [-0.05, 0) is 38.7 Å². The zero-order chi connectivity index (χ0) is 24.5. The lowest BCUT2D eigenvalue weighted by Gasteiger charge is -2.50. The van der Waals surface area contributed by atoms with Gasteiger partial charge < -0.3 is 28.8 Å². The average Bonchev–Trinajstić information content (AvgIpc) is 3.51. The van der Waals surface area contributed by atoms with Crippen LogP contribution in [0.1, 0.15) is 35.5 Å². The van der Waals surface area contributed by atoms with Gasteiger partial charge in [-0.15, -0.1) is 0 Å². The third-order valence-electron chi connectivity index (χ3n) is 8.86. The monoisotopic (exact) mass is 480 g/mol. The minimum Gasteiger partial charge on any atom is -0.375 e. The van der Waals surface area contributed by atoms with E-state index in [-0.39, 0.29) is 24.3 Å². The van der Waals surface area contributed by atoms with Crippen molar-refractivity contribution in [3.63, 3.8) is 0 Å². The molecule has 1 fully saturated rings. The standard InChI is InChI=1S/C29H28N4O3/c1-29-27(35-4)20(31(2)3)13-21(36-29)32-18-11-7-5-9-15(18)23-24-17(14-30-28(24)34)22-16-10-6-8-12-19(16)33(29)26(22)25(23)32/h5-12,20-21,27H,13-14H2,1-4H3,(H,30,34). The Hall–Kier alpha value is -3.39. The van der Waals surface area contributed by atoms with Crippen molar-refractivity contribution in [3.05, 3.63) is 59.7 Å². The van der Waals surface area contributed by atoms with Crippen LogP contribution in [-0.2, 0) is 21.7 Å². The van der Waals surface area contributed by atoms with Gasteiger partial charge in [-0.3, -0.25) is 4.79 Å². The van der Waals surface area contributed by atoms with E-state index in [1.807, 2.05) is 0 Å². The number of ether oxygens (including phenoxy) is 2. The van der Waals surface area contributed by atoms with Crippen molar-refractivity contribution in [1.82, 2.24) is 19.4 Å². The van der Waals surface area contributed by atoms with E-state index in [2.05, 4.69) is 88.9 Å². The molecule has 0 saturated carbocycles. The number of likely N-dealkylation sites (N-methyl/N-ethyl adjacent to an activating group) is 1. The molecule has 0 spiro atoms. The van der Waals surface area contributed by atoms with Crippen LogP contribution in [0.2, 0.25) is 0 Å². The van der Waals surface area contributed by atoms with E-state index >= 15 is 0 Å². The Bertz CT molecular complexity index is 1780. The minimum absolute atomic E-state index is 0.00641. The van der Waals surface area contributed by atoms with Crippen molar-refractivity contribution in [2.75, 3.05) is 21.2 Å². The van der Waals surface area contributed by atoms with Crippen LogP contribution >= 0.6 is 0 Å². The fraction of sp³-hybridized carbons (Fsp3) is 0.345. The number of carbonyl (C=O) groups excluding carboxylic acids is 1. The number of nitrogens with one attached hydrogen (secondary N) is 1. The number of nitrogens with zero attached hydrogens (tertiary/aromatic N) is 3. The maximum absolute atomic E-state index is 13.4. The highest BCUT2D eigenvalue weighted by molar-refractivity contribution is 6.31. The summed E-state index contributed by atoms with van der Waals surface area (Å²) in [7, 11) is 6.03. The Labute approximate surface area is 208 Å². The lowest BCUT2D eigenvalue weighted by molar-refractivity contribution is -0.266. The normalized spacial score (nSPS) is 27.0. The summed E-state index contributed by atoms with van der Waals surface area (Å²) in [5.74, 6) is 0.00641. The zero-order valence-corrected chi connectivity index (χ0v) is 20.8. The molecular weight excluding hydrogens is 452 g/mol. The van der Waals surface area contributed by atoms with Crippen LogP contribution < -0.4 is 5.32 Å². The van der Waals surface area contributed by atoms with E-state index in [1.54, 1.807) is 7.11 Å². The summed E-state index contributed by atoms with van der Waals surface area (Å²) in [6.45, 7) is 2.70. The average molecular weight is 481 g/mol. The molecule has 1 N–H and O–H groups in total. The number of carbonyl (C=O) groups is 1. The lowest BCUT2D eigenvalue weighted by atomic mass is 9.92. The first-order valence-electron chi connectivity index (χ1n) is 12.6. The second kappa shape index (κ2) is 6.68. The maximum Gasteiger partial charge on any atom is 0.252 e. The van der Waals surface area contributed by atoms with E-state index in [4.69, 9.17) is 9.47 Å². The molecule has 3 aliphatic heterocycles. The highest BCUT2D eigenvalue weighted by Gasteiger charge is 2.53. The van der Waals surface area contributed by atoms with Crippen LogP contribution in [-0.4, -0.2) is 53.3 Å². The molecule has 3 aromatic carbocycles. The van der Waals surface area contributed by atoms with Gasteiger partial charge in [0, 0.05) is 47.7 Å². The zero-order valence-electron chi connectivity index (χ0n) is 20.8. The Morgan fingerprint density at radius 2 is 1.72 bits per heavy atom. The van der Waals surface area contributed by atoms with E-state index in [1.165, 1.54) is 0 Å². The highest BCUT2D eigenvalue weighted by atomic mass is 16.6. The number of amides is 1. The summed E-state index contributed by atoms with van der Waals surface area (Å²) in [6, 6.07) is 17.1. The molecule has 7 heteroatoms. The van der Waals surface area contributed by atoms with Crippen LogP contribution in [0.25, 0.3) is 43.6 Å². The number of hydrogen-bond donors (Lipinski definition) is 1. The number of methoxy groups -OCH3 is 1. The van der Waals surface area contributed by atoms with Crippen LogP contribution in [0.3, 0.4) is 0 Å². The summed E-state index contributed by atoms with van der Waals surface area (Å²) < 4.78 is 18.2. The fourth-order valence-electron chi connectivity index (χ4n) is 7.51. The first kappa shape index (κ1) is 20.8. The molecule has 4 atom stereocenters. The first-order chi connectivity index (χ1) is 17.5. The summed E-state index contributed by atoms with van der Waals surface area (Å²) in [4.78, 5) is 15.6. The second-order valence-corrected chi connectivity index (χ2v) is 10.8. The fourth-order valence-corrected chi connectivity index (χ4v) is 7.51. The van der Waals surface area contributed by atoms with E-state index in [0.717, 1.165) is 61.2 Å². The summed E-state index contributed by atoms with van der Waals surface area (Å²) in [6.07, 6.45) is 0.379. The van der Waals surface area contributed by atoms with Crippen molar-refractivity contribution in [1.29, 1.82) is 0 Å². The summed E-state index contributed by atoms with van der Waals surface area (Å²) in [5, 5.41) is 7.55. The largest absolute Gasteiger partial charge is 0.375 e. The van der Waals surface area contributed by atoms with Crippen LogP contribution in [0.4, 0.5) is 0 Å². The van der Waals surface area contributed by atoms with Gasteiger partial charge in [0.1, 0.15) is 12.3 Å². The molecule has 36 heavy (non-hydrogen) atoms.